The van der Waals surface area contributed by atoms with Crippen LogP contribution >= 0.6 is 0 Å². The molecule has 14 heavy (non-hydrogen) atoms. The number of hydrogen-bond donors (Lipinski definition) is 1. The van der Waals surface area contributed by atoms with E-state index in [2.05, 4.69) is 19.2 Å². The molecule has 0 spiro atoms. The van der Waals surface area contributed by atoms with Crippen molar-refractivity contribution in [1.82, 2.24) is 10.2 Å². The minimum Gasteiger partial charge on any atom is -0.345 e. The first-order chi connectivity index (χ1) is 6.63. The Balaban J connectivity index is 2.41. The van der Waals surface area contributed by atoms with Gasteiger partial charge in [-0.25, -0.2) is 0 Å². The molecule has 0 aromatic heterocycles. The topological polar surface area (TPSA) is 49.4 Å². The van der Waals surface area contributed by atoms with Gasteiger partial charge in [0.15, 0.2) is 0 Å². The van der Waals surface area contributed by atoms with E-state index in [1.165, 1.54) is 0 Å². The molecule has 1 aliphatic heterocycles. The van der Waals surface area contributed by atoms with Crippen molar-refractivity contribution in [2.24, 2.45) is 5.92 Å². The summed E-state index contributed by atoms with van der Waals surface area (Å²) < 4.78 is 0. The van der Waals surface area contributed by atoms with E-state index < -0.39 is 0 Å². The van der Waals surface area contributed by atoms with Gasteiger partial charge in [-0.3, -0.25) is 9.59 Å². The summed E-state index contributed by atoms with van der Waals surface area (Å²) in [4.78, 5) is 24.1. The Morgan fingerprint density at radius 2 is 2.21 bits per heavy atom. The molecule has 4 heteroatoms. The highest BCUT2D eigenvalue weighted by Gasteiger charge is 2.23. The van der Waals surface area contributed by atoms with Crippen LogP contribution in [0, 0.1) is 5.92 Å². The van der Waals surface area contributed by atoms with E-state index >= 15 is 0 Å². The summed E-state index contributed by atoms with van der Waals surface area (Å²) in [5, 5.41) is 2.54. The van der Waals surface area contributed by atoms with E-state index in [-0.39, 0.29) is 24.9 Å². The van der Waals surface area contributed by atoms with Crippen LogP contribution in [0.1, 0.15) is 26.7 Å². The number of piperazine rings is 1. The van der Waals surface area contributed by atoms with Crippen LogP contribution in [-0.2, 0) is 9.59 Å². The van der Waals surface area contributed by atoms with E-state index in [9.17, 15) is 9.59 Å². The van der Waals surface area contributed by atoms with Gasteiger partial charge in [0, 0.05) is 6.54 Å². The summed E-state index contributed by atoms with van der Waals surface area (Å²) in [5.74, 6) is 0.468. The smallest absolute Gasteiger partial charge is 0.242 e. The summed E-state index contributed by atoms with van der Waals surface area (Å²) in [7, 11) is 0. The third-order valence-corrected chi connectivity index (χ3v) is 2.44. The molecule has 1 aliphatic rings. The van der Waals surface area contributed by atoms with Crippen molar-refractivity contribution in [3.63, 3.8) is 0 Å². The second kappa shape index (κ2) is 4.98. The Morgan fingerprint density at radius 3 is 2.86 bits per heavy atom. The third-order valence-electron chi connectivity index (χ3n) is 2.44. The number of rotatable bonds is 4. The molecule has 1 fully saturated rings. The first-order valence-corrected chi connectivity index (χ1v) is 5.18. The van der Waals surface area contributed by atoms with Gasteiger partial charge in [-0.2, -0.15) is 0 Å². The van der Waals surface area contributed by atoms with E-state index in [0.717, 1.165) is 12.8 Å². The average Bonchev–Trinajstić information content (AvgIpc) is 2.12. The fraction of sp³-hybridized carbons (Fsp3) is 0.800. The first kappa shape index (κ1) is 11.0. The third kappa shape index (κ3) is 3.01. The van der Waals surface area contributed by atoms with Crippen LogP contribution in [0.5, 0.6) is 0 Å². The van der Waals surface area contributed by atoms with Gasteiger partial charge in [0.05, 0.1) is 13.1 Å². The van der Waals surface area contributed by atoms with Crippen LogP contribution in [0.2, 0.25) is 0 Å². The van der Waals surface area contributed by atoms with Crippen molar-refractivity contribution in [2.45, 2.75) is 26.7 Å². The molecular weight excluding hydrogens is 180 g/mol. The lowest BCUT2D eigenvalue weighted by Crippen LogP contribution is -2.52. The fourth-order valence-electron chi connectivity index (χ4n) is 1.73. The molecule has 0 aliphatic carbocycles. The van der Waals surface area contributed by atoms with Crippen molar-refractivity contribution < 1.29 is 9.59 Å². The number of nitrogens with one attached hydrogen (secondary N) is 1. The number of nitrogens with zero attached hydrogens (tertiary/aromatic N) is 1. The highest BCUT2D eigenvalue weighted by molar-refractivity contribution is 5.92. The minimum absolute atomic E-state index is 0.0348. The molecule has 80 valence electrons. The number of carbonyl (C=O) groups is 2. The molecule has 0 aromatic carbocycles. The predicted octanol–water partition coefficient (Wildman–Crippen LogP) is 0.381. The summed E-state index contributed by atoms with van der Waals surface area (Å²) in [6, 6.07) is 0. The molecule has 0 radical (unpaired) electrons. The van der Waals surface area contributed by atoms with Gasteiger partial charge in [0.25, 0.3) is 0 Å². The van der Waals surface area contributed by atoms with E-state index in [1.807, 2.05) is 0 Å². The van der Waals surface area contributed by atoms with Crippen molar-refractivity contribution in [1.29, 1.82) is 0 Å². The van der Waals surface area contributed by atoms with Gasteiger partial charge < -0.3 is 10.2 Å². The molecule has 0 bridgehead atoms. The van der Waals surface area contributed by atoms with Gasteiger partial charge in [-0.05, 0) is 12.3 Å². The van der Waals surface area contributed by atoms with Crippen LogP contribution in [0.4, 0.5) is 0 Å². The predicted molar refractivity (Wildman–Crippen MR) is 53.7 cm³/mol. The summed E-state index contributed by atoms with van der Waals surface area (Å²) >= 11 is 0. The highest BCUT2D eigenvalue weighted by Crippen LogP contribution is 2.08. The van der Waals surface area contributed by atoms with Crippen LogP contribution < -0.4 is 5.32 Å². The van der Waals surface area contributed by atoms with Crippen molar-refractivity contribution in [3.05, 3.63) is 0 Å². The fourth-order valence-corrected chi connectivity index (χ4v) is 1.73. The molecule has 0 aromatic rings. The molecule has 2 amide bonds. The monoisotopic (exact) mass is 198 g/mol. The second-order valence-corrected chi connectivity index (χ2v) is 3.94. The Labute approximate surface area is 84.7 Å². The standard InChI is InChI=1S/C10H18N2O2/c1-3-4-8(2)6-12-7-9(13)11-5-10(12)14/h8H,3-7H2,1-2H3,(H,11,13). The molecule has 1 N–H and O–H groups in total. The summed E-state index contributed by atoms with van der Waals surface area (Å²) in [6.45, 7) is 5.34. The molecule has 1 rings (SSSR count). The highest BCUT2D eigenvalue weighted by atomic mass is 16.2. The number of hydrogen-bond acceptors (Lipinski definition) is 2. The van der Waals surface area contributed by atoms with Gasteiger partial charge in [0.2, 0.25) is 11.8 Å². The maximum Gasteiger partial charge on any atom is 0.242 e. The lowest BCUT2D eigenvalue weighted by atomic mass is 10.1. The van der Waals surface area contributed by atoms with Crippen molar-refractivity contribution in [2.75, 3.05) is 19.6 Å². The maximum absolute atomic E-state index is 11.4. The number of amides is 2. The lowest BCUT2D eigenvalue weighted by molar-refractivity contribution is -0.141. The lowest BCUT2D eigenvalue weighted by Gasteiger charge is -2.28. The molecule has 0 saturated carbocycles. The van der Waals surface area contributed by atoms with Crippen LogP contribution in [0.15, 0.2) is 0 Å². The Bertz CT molecular complexity index is 228. The summed E-state index contributed by atoms with van der Waals surface area (Å²) in [6.07, 6.45) is 2.22. The molecular formula is C10H18N2O2. The molecule has 1 unspecified atom stereocenters. The SMILES string of the molecule is CCCC(C)CN1CC(=O)NCC1=O. The summed E-state index contributed by atoms with van der Waals surface area (Å²) in [5.41, 5.74) is 0. The van der Waals surface area contributed by atoms with Gasteiger partial charge >= 0.3 is 0 Å². The van der Waals surface area contributed by atoms with Crippen LogP contribution in [0.25, 0.3) is 0 Å². The minimum atomic E-state index is -0.0479. The average molecular weight is 198 g/mol. The zero-order chi connectivity index (χ0) is 10.6. The van der Waals surface area contributed by atoms with Crippen molar-refractivity contribution >= 4 is 11.8 Å². The Morgan fingerprint density at radius 1 is 1.50 bits per heavy atom. The molecule has 1 atom stereocenters. The van der Waals surface area contributed by atoms with E-state index in [0.29, 0.717) is 12.5 Å². The van der Waals surface area contributed by atoms with E-state index in [1.54, 1.807) is 4.90 Å². The maximum atomic E-state index is 11.4. The Kier molecular flexibility index (Phi) is 3.92. The zero-order valence-corrected chi connectivity index (χ0v) is 8.88. The number of carbonyl (C=O) groups excluding carboxylic acids is 2. The largest absolute Gasteiger partial charge is 0.345 e. The van der Waals surface area contributed by atoms with Gasteiger partial charge in [-0.1, -0.05) is 20.3 Å². The van der Waals surface area contributed by atoms with Crippen LogP contribution in [0.3, 0.4) is 0 Å². The van der Waals surface area contributed by atoms with Gasteiger partial charge in [-0.15, -0.1) is 0 Å². The second-order valence-electron chi connectivity index (χ2n) is 3.94. The first-order valence-electron chi connectivity index (χ1n) is 5.18. The van der Waals surface area contributed by atoms with Crippen LogP contribution in [-0.4, -0.2) is 36.3 Å². The normalized spacial score (nSPS) is 19.4. The zero-order valence-electron chi connectivity index (χ0n) is 8.88. The molecule has 1 saturated heterocycles. The molecule has 4 nitrogen and oxygen atoms in total. The van der Waals surface area contributed by atoms with Gasteiger partial charge in [0.1, 0.15) is 0 Å². The molecule has 1 heterocycles. The van der Waals surface area contributed by atoms with E-state index in [4.69, 9.17) is 0 Å². The Hall–Kier alpha value is -1.06. The quantitative estimate of drug-likeness (QED) is 0.710. The van der Waals surface area contributed by atoms with Crippen molar-refractivity contribution in [3.8, 4) is 0 Å².